The summed E-state index contributed by atoms with van der Waals surface area (Å²) in [5, 5.41) is 11.4. The van der Waals surface area contributed by atoms with E-state index in [1.807, 2.05) is 0 Å². The minimum Gasteiger partial charge on any atom is -0.484 e. The lowest BCUT2D eigenvalue weighted by atomic mass is 10.1. The molecule has 5 nitrogen and oxygen atoms in total. The van der Waals surface area contributed by atoms with Gasteiger partial charge in [-0.3, -0.25) is 14.9 Å². The van der Waals surface area contributed by atoms with Crippen molar-refractivity contribution in [3.8, 4) is 5.75 Å². The molecule has 2 aromatic carbocycles. The Morgan fingerprint density at radius 1 is 1.19 bits per heavy atom. The van der Waals surface area contributed by atoms with Gasteiger partial charge in [0.15, 0.2) is 12.4 Å². The van der Waals surface area contributed by atoms with Crippen molar-refractivity contribution in [3.63, 3.8) is 0 Å². The zero-order chi connectivity index (χ0) is 15.4. The highest BCUT2D eigenvalue weighted by atomic mass is 35.5. The number of Topliss-reactive ketones (excluding diaryl/α,β-unsaturated/α-hetero) is 1. The van der Waals surface area contributed by atoms with Gasteiger partial charge in [0.2, 0.25) is 0 Å². The zero-order valence-electron chi connectivity index (χ0n) is 10.6. The van der Waals surface area contributed by atoms with E-state index in [4.69, 9.17) is 27.9 Å². The van der Waals surface area contributed by atoms with Crippen LogP contribution in [-0.2, 0) is 0 Å². The maximum Gasteiger partial charge on any atom is 0.270 e. The van der Waals surface area contributed by atoms with E-state index in [0.29, 0.717) is 10.0 Å². The van der Waals surface area contributed by atoms with Crippen molar-refractivity contribution < 1.29 is 14.5 Å². The third-order valence-electron chi connectivity index (χ3n) is 2.63. The van der Waals surface area contributed by atoms with E-state index in [9.17, 15) is 14.9 Å². The molecular formula is C14H9Cl2NO4. The molecule has 2 rings (SSSR count). The van der Waals surface area contributed by atoms with Crippen LogP contribution >= 0.6 is 23.2 Å². The van der Waals surface area contributed by atoms with Crippen LogP contribution in [0.4, 0.5) is 5.69 Å². The lowest BCUT2D eigenvalue weighted by Crippen LogP contribution is -2.12. The van der Waals surface area contributed by atoms with Gasteiger partial charge in [-0.2, -0.15) is 0 Å². The van der Waals surface area contributed by atoms with Gasteiger partial charge < -0.3 is 4.74 Å². The number of ether oxygens (including phenoxy) is 1. The normalized spacial score (nSPS) is 10.2. The van der Waals surface area contributed by atoms with Crippen molar-refractivity contribution in [1.82, 2.24) is 0 Å². The summed E-state index contributed by atoms with van der Waals surface area (Å²) in [5.74, 6) is -0.113. The van der Waals surface area contributed by atoms with E-state index < -0.39 is 10.7 Å². The number of nitro benzene ring substituents is 1. The van der Waals surface area contributed by atoms with Crippen molar-refractivity contribution in [2.24, 2.45) is 0 Å². The maximum atomic E-state index is 12.0. The number of halogens is 2. The Morgan fingerprint density at radius 2 is 1.95 bits per heavy atom. The van der Waals surface area contributed by atoms with Crippen LogP contribution in [0, 0.1) is 10.1 Å². The first-order valence-electron chi connectivity index (χ1n) is 5.83. The molecular weight excluding hydrogens is 317 g/mol. The van der Waals surface area contributed by atoms with Crippen molar-refractivity contribution in [2.45, 2.75) is 0 Å². The highest BCUT2D eigenvalue weighted by Gasteiger charge is 2.13. The van der Waals surface area contributed by atoms with Gasteiger partial charge >= 0.3 is 0 Å². The molecule has 0 unspecified atom stereocenters. The van der Waals surface area contributed by atoms with E-state index in [0.717, 1.165) is 0 Å². The molecule has 2 aromatic rings. The first-order valence-corrected chi connectivity index (χ1v) is 6.58. The zero-order valence-corrected chi connectivity index (χ0v) is 12.1. The first-order chi connectivity index (χ1) is 9.97. The number of nitrogens with zero attached hydrogens (tertiary/aromatic N) is 1. The van der Waals surface area contributed by atoms with Crippen LogP contribution in [0.1, 0.15) is 10.4 Å². The average molecular weight is 326 g/mol. The number of benzene rings is 2. The Morgan fingerprint density at radius 3 is 2.67 bits per heavy atom. The fourth-order valence-electron chi connectivity index (χ4n) is 1.61. The molecule has 7 heteroatoms. The molecule has 0 saturated heterocycles. The predicted molar refractivity (Wildman–Crippen MR) is 79.4 cm³/mol. The number of ketones is 1. The van der Waals surface area contributed by atoms with Gasteiger partial charge in [0, 0.05) is 28.8 Å². The van der Waals surface area contributed by atoms with E-state index in [1.54, 1.807) is 12.1 Å². The summed E-state index contributed by atoms with van der Waals surface area (Å²) < 4.78 is 5.30. The lowest BCUT2D eigenvalue weighted by Gasteiger charge is -2.07. The predicted octanol–water partition coefficient (Wildman–Crippen LogP) is 4.16. The van der Waals surface area contributed by atoms with E-state index in [1.165, 1.54) is 30.3 Å². The molecule has 0 amide bonds. The summed E-state index contributed by atoms with van der Waals surface area (Å²) in [7, 11) is 0. The van der Waals surface area contributed by atoms with Crippen LogP contribution in [0.25, 0.3) is 0 Å². The Kier molecular flexibility index (Phi) is 4.77. The second-order valence-corrected chi connectivity index (χ2v) is 4.94. The molecule has 0 aliphatic carbocycles. The molecule has 0 N–H and O–H groups in total. The molecule has 108 valence electrons. The fraction of sp³-hybridized carbons (Fsp3) is 0.0714. The molecule has 0 aliphatic heterocycles. The van der Waals surface area contributed by atoms with Gasteiger partial charge in [-0.1, -0.05) is 35.3 Å². The van der Waals surface area contributed by atoms with Gasteiger partial charge in [0.25, 0.3) is 5.69 Å². The number of hydrogen-bond donors (Lipinski definition) is 0. The molecule has 0 saturated carbocycles. The summed E-state index contributed by atoms with van der Waals surface area (Å²) in [6, 6.07) is 10.1. The van der Waals surface area contributed by atoms with Crippen LogP contribution in [-0.4, -0.2) is 17.3 Å². The van der Waals surface area contributed by atoms with E-state index in [-0.39, 0.29) is 23.6 Å². The Balaban J connectivity index is 2.10. The second kappa shape index (κ2) is 6.56. The average Bonchev–Trinajstić information content (AvgIpc) is 2.48. The van der Waals surface area contributed by atoms with Gasteiger partial charge in [-0.05, 0) is 12.1 Å². The van der Waals surface area contributed by atoms with Crippen LogP contribution in [0.5, 0.6) is 5.75 Å². The summed E-state index contributed by atoms with van der Waals surface area (Å²) in [5.41, 5.74) is 0.0454. The molecule has 0 spiro atoms. The quantitative estimate of drug-likeness (QED) is 0.470. The third kappa shape index (κ3) is 3.93. The second-order valence-electron chi connectivity index (χ2n) is 4.09. The minimum absolute atomic E-state index is 0.151. The van der Waals surface area contributed by atoms with Crippen LogP contribution in [0.2, 0.25) is 10.0 Å². The molecule has 0 radical (unpaired) electrons. The third-order valence-corrected chi connectivity index (χ3v) is 3.18. The van der Waals surface area contributed by atoms with Gasteiger partial charge in [0.1, 0.15) is 5.75 Å². The molecule has 0 aromatic heterocycles. The van der Waals surface area contributed by atoms with Crippen molar-refractivity contribution in [1.29, 1.82) is 0 Å². The SMILES string of the molecule is O=C(COc1cc(Cl)ccc1Cl)c1cccc([N+](=O)[O-])c1. The van der Waals surface area contributed by atoms with Gasteiger partial charge in [-0.15, -0.1) is 0 Å². The van der Waals surface area contributed by atoms with Crippen LogP contribution < -0.4 is 4.74 Å². The number of nitro groups is 1. The smallest absolute Gasteiger partial charge is 0.270 e. The lowest BCUT2D eigenvalue weighted by molar-refractivity contribution is -0.384. The summed E-state index contributed by atoms with van der Waals surface area (Å²) in [6.07, 6.45) is 0. The molecule has 0 heterocycles. The van der Waals surface area contributed by atoms with E-state index in [2.05, 4.69) is 0 Å². The van der Waals surface area contributed by atoms with Gasteiger partial charge in [0.05, 0.1) is 9.95 Å². The van der Waals surface area contributed by atoms with Crippen LogP contribution in [0.3, 0.4) is 0 Å². The maximum absolute atomic E-state index is 12.0. The Labute approximate surface area is 130 Å². The number of hydrogen-bond acceptors (Lipinski definition) is 4. The Bertz CT molecular complexity index is 703. The summed E-state index contributed by atoms with van der Waals surface area (Å²) >= 11 is 11.7. The highest BCUT2D eigenvalue weighted by Crippen LogP contribution is 2.27. The molecule has 0 fully saturated rings. The van der Waals surface area contributed by atoms with E-state index >= 15 is 0 Å². The Hall–Kier alpha value is -2.11. The highest BCUT2D eigenvalue weighted by molar-refractivity contribution is 6.34. The summed E-state index contributed by atoms with van der Waals surface area (Å²) in [4.78, 5) is 22.1. The number of rotatable bonds is 5. The minimum atomic E-state index is -0.564. The van der Waals surface area contributed by atoms with Crippen LogP contribution in [0.15, 0.2) is 42.5 Å². The molecule has 0 bridgehead atoms. The standard InChI is InChI=1S/C14H9Cl2NO4/c15-10-4-5-12(16)14(7-10)21-8-13(18)9-2-1-3-11(6-9)17(19)20/h1-7H,8H2. The first kappa shape index (κ1) is 15.3. The summed E-state index contributed by atoms with van der Waals surface area (Å²) in [6.45, 7) is -0.290. The van der Waals surface area contributed by atoms with Crippen molar-refractivity contribution in [2.75, 3.05) is 6.61 Å². The largest absolute Gasteiger partial charge is 0.484 e. The monoisotopic (exact) mass is 325 g/mol. The van der Waals surface area contributed by atoms with Crippen molar-refractivity contribution >= 4 is 34.7 Å². The number of carbonyl (C=O) groups is 1. The number of non-ortho nitro benzene ring substituents is 1. The van der Waals surface area contributed by atoms with Crippen molar-refractivity contribution in [3.05, 3.63) is 68.2 Å². The molecule has 0 aliphatic rings. The number of carbonyl (C=O) groups excluding carboxylic acids is 1. The topological polar surface area (TPSA) is 69.4 Å². The fourth-order valence-corrected chi connectivity index (χ4v) is 1.94. The molecule has 21 heavy (non-hydrogen) atoms. The van der Waals surface area contributed by atoms with Gasteiger partial charge in [-0.25, -0.2) is 0 Å². The molecule has 0 atom stereocenters.